The SMILES string of the molecule is Cc1nc(CSc2ccc(C(=O)OCC(=O)N3CCN(S(C)(=O)=O)CC3)cc2)cs1. The number of esters is 1. The van der Waals surface area contributed by atoms with Gasteiger partial charge in [0.15, 0.2) is 6.61 Å². The van der Waals surface area contributed by atoms with Crippen molar-refractivity contribution in [2.45, 2.75) is 17.6 Å². The number of nitrogens with zero attached hydrogens (tertiary/aromatic N) is 3. The number of aryl methyl sites for hydroxylation is 1. The number of benzene rings is 1. The van der Waals surface area contributed by atoms with Crippen LogP contribution in [0, 0.1) is 6.92 Å². The molecular formula is C19H23N3O5S3. The zero-order valence-corrected chi connectivity index (χ0v) is 19.2. The molecule has 3 rings (SSSR count). The van der Waals surface area contributed by atoms with Gasteiger partial charge in [0.1, 0.15) is 0 Å². The number of amides is 1. The Balaban J connectivity index is 1.44. The fraction of sp³-hybridized carbons (Fsp3) is 0.421. The molecule has 0 radical (unpaired) electrons. The molecule has 162 valence electrons. The fourth-order valence-electron chi connectivity index (χ4n) is 2.89. The van der Waals surface area contributed by atoms with Gasteiger partial charge in [0, 0.05) is 42.2 Å². The van der Waals surface area contributed by atoms with Gasteiger partial charge in [-0.05, 0) is 31.2 Å². The van der Waals surface area contributed by atoms with E-state index in [0.717, 1.165) is 27.6 Å². The molecule has 0 atom stereocenters. The second kappa shape index (κ2) is 9.90. The number of piperazine rings is 1. The second-order valence-electron chi connectivity index (χ2n) is 6.79. The van der Waals surface area contributed by atoms with Crippen molar-refractivity contribution < 1.29 is 22.7 Å². The third-order valence-corrected chi connectivity index (χ3v) is 7.70. The summed E-state index contributed by atoms with van der Waals surface area (Å²) in [6.45, 7) is 2.68. The minimum Gasteiger partial charge on any atom is -0.452 e. The highest BCUT2D eigenvalue weighted by atomic mass is 32.2. The molecule has 1 aromatic carbocycles. The van der Waals surface area contributed by atoms with Crippen LogP contribution in [0.25, 0.3) is 0 Å². The van der Waals surface area contributed by atoms with Gasteiger partial charge in [-0.3, -0.25) is 4.79 Å². The van der Waals surface area contributed by atoms with Crippen molar-refractivity contribution in [2.75, 3.05) is 39.0 Å². The van der Waals surface area contributed by atoms with Crippen molar-refractivity contribution in [1.82, 2.24) is 14.2 Å². The first kappa shape index (κ1) is 22.7. The van der Waals surface area contributed by atoms with Crippen LogP contribution < -0.4 is 0 Å². The Hall–Kier alpha value is -1.95. The Morgan fingerprint density at radius 1 is 1.17 bits per heavy atom. The maximum absolute atomic E-state index is 12.2. The first-order valence-electron chi connectivity index (χ1n) is 9.26. The zero-order valence-electron chi connectivity index (χ0n) is 16.7. The third kappa shape index (κ3) is 6.27. The normalized spacial score (nSPS) is 15.2. The Kier molecular flexibility index (Phi) is 7.50. The molecule has 1 fully saturated rings. The number of carbonyl (C=O) groups is 2. The molecule has 30 heavy (non-hydrogen) atoms. The van der Waals surface area contributed by atoms with Crippen molar-refractivity contribution in [3.05, 3.63) is 45.9 Å². The van der Waals surface area contributed by atoms with Gasteiger partial charge in [0.2, 0.25) is 10.0 Å². The topological polar surface area (TPSA) is 96.9 Å². The summed E-state index contributed by atoms with van der Waals surface area (Å²) in [5.41, 5.74) is 1.40. The number of thioether (sulfide) groups is 1. The number of sulfonamides is 1. The first-order chi connectivity index (χ1) is 14.2. The van der Waals surface area contributed by atoms with Gasteiger partial charge in [-0.1, -0.05) is 0 Å². The van der Waals surface area contributed by atoms with Gasteiger partial charge in [-0.15, -0.1) is 23.1 Å². The van der Waals surface area contributed by atoms with Gasteiger partial charge >= 0.3 is 5.97 Å². The van der Waals surface area contributed by atoms with E-state index in [4.69, 9.17) is 4.74 Å². The summed E-state index contributed by atoms with van der Waals surface area (Å²) in [5.74, 6) is -0.137. The summed E-state index contributed by atoms with van der Waals surface area (Å²) >= 11 is 3.25. The number of rotatable bonds is 7. The quantitative estimate of drug-likeness (QED) is 0.452. The van der Waals surface area contributed by atoms with Gasteiger partial charge in [-0.2, -0.15) is 4.31 Å². The maximum atomic E-state index is 12.2. The molecule has 2 heterocycles. The molecule has 0 N–H and O–H groups in total. The smallest absolute Gasteiger partial charge is 0.338 e. The number of carbonyl (C=O) groups excluding carboxylic acids is 2. The van der Waals surface area contributed by atoms with Crippen molar-refractivity contribution in [2.24, 2.45) is 0 Å². The van der Waals surface area contributed by atoms with E-state index in [0.29, 0.717) is 5.56 Å². The summed E-state index contributed by atoms with van der Waals surface area (Å²) < 4.78 is 29.5. The van der Waals surface area contributed by atoms with Crippen LogP contribution in [0.15, 0.2) is 34.5 Å². The highest BCUT2D eigenvalue weighted by molar-refractivity contribution is 7.98. The van der Waals surface area contributed by atoms with Crippen molar-refractivity contribution in [1.29, 1.82) is 0 Å². The van der Waals surface area contributed by atoms with Crippen LogP contribution in [-0.2, 0) is 25.3 Å². The summed E-state index contributed by atoms with van der Waals surface area (Å²) in [5, 5.41) is 3.07. The zero-order chi connectivity index (χ0) is 21.7. The van der Waals surface area contributed by atoms with Crippen LogP contribution in [0.1, 0.15) is 21.1 Å². The maximum Gasteiger partial charge on any atom is 0.338 e. The standard InChI is InChI=1S/C19H23N3O5S3/c1-14-20-16(12-28-14)13-29-17-5-3-15(4-6-17)19(24)27-11-18(23)21-7-9-22(10-8-21)30(2,25)26/h3-6,12H,7-11,13H2,1-2H3. The highest BCUT2D eigenvalue weighted by Gasteiger charge is 2.26. The van der Waals surface area contributed by atoms with E-state index in [2.05, 4.69) is 4.98 Å². The van der Waals surface area contributed by atoms with Crippen LogP contribution in [0.3, 0.4) is 0 Å². The molecule has 2 aromatic rings. The van der Waals surface area contributed by atoms with Crippen molar-refractivity contribution >= 4 is 45.0 Å². The van der Waals surface area contributed by atoms with Crippen LogP contribution in [0.4, 0.5) is 0 Å². The predicted molar refractivity (Wildman–Crippen MR) is 116 cm³/mol. The molecule has 1 amide bonds. The molecule has 1 saturated heterocycles. The molecule has 8 nitrogen and oxygen atoms in total. The lowest BCUT2D eigenvalue weighted by Gasteiger charge is -2.33. The largest absolute Gasteiger partial charge is 0.452 e. The minimum atomic E-state index is -3.25. The third-order valence-electron chi connectivity index (χ3n) is 4.53. The lowest BCUT2D eigenvalue weighted by Crippen LogP contribution is -2.51. The van der Waals surface area contributed by atoms with Gasteiger partial charge < -0.3 is 9.64 Å². The second-order valence-corrected chi connectivity index (χ2v) is 10.9. The van der Waals surface area contributed by atoms with Crippen molar-refractivity contribution in [3.8, 4) is 0 Å². The number of hydrogen-bond acceptors (Lipinski definition) is 8. The molecule has 1 aliphatic heterocycles. The Morgan fingerprint density at radius 3 is 2.40 bits per heavy atom. The summed E-state index contributed by atoms with van der Waals surface area (Å²) in [6, 6.07) is 7.03. The van der Waals surface area contributed by atoms with Gasteiger partial charge in [0.05, 0.1) is 22.5 Å². The van der Waals surface area contributed by atoms with Crippen LogP contribution in [0.5, 0.6) is 0 Å². The monoisotopic (exact) mass is 469 g/mol. The predicted octanol–water partition coefficient (Wildman–Crippen LogP) is 2.00. The van der Waals surface area contributed by atoms with E-state index in [1.54, 1.807) is 35.2 Å². The van der Waals surface area contributed by atoms with Crippen molar-refractivity contribution in [3.63, 3.8) is 0 Å². The lowest BCUT2D eigenvalue weighted by molar-refractivity contribution is -0.135. The molecule has 0 aliphatic carbocycles. The van der Waals surface area contributed by atoms with Crippen LogP contribution in [-0.4, -0.2) is 73.5 Å². The van der Waals surface area contributed by atoms with E-state index < -0.39 is 16.0 Å². The molecule has 0 unspecified atom stereocenters. The summed E-state index contributed by atoms with van der Waals surface area (Å²) in [4.78, 5) is 31.4. The first-order valence-corrected chi connectivity index (χ1v) is 13.0. The number of thiazole rings is 1. The number of ether oxygens (including phenoxy) is 1. The Morgan fingerprint density at radius 2 is 1.83 bits per heavy atom. The highest BCUT2D eigenvalue weighted by Crippen LogP contribution is 2.24. The van der Waals surface area contributed by atoms with E-state index in [1.807, 2.05) is 24.4 Å². The van der Waals surface area contributed by atoms with E-state index in [9.17, 15) is 18.0 Å². The summed E-state index contributed by atoms with van der Waals surface area (Å²) in [6.07, 6.45) is 1.15. The summed E-state index contributed by atoms with van der Waals surface area (Å²) in [7, 11) is -3.25. The molecule has 0 saturated carbocycles. The van der Waals surface area contributed by atoms with Crippen LogP contribution >= 0.6 is 23.1 Å². The Bertz CT molecular complexity index is 997. The molecule has 0 spiro atoms. The van der Waals surface area contributed by atoms with E-state index in [-0.39, 0.29) is 38.7 Å². The lowest BCUT2D eigenvalue weighted by atomic mass is 10.2. The molecule has 1 aliphatic rings. The number of hydrogen-bond donors (Lipinski definition) is 0. The molecule has 0 bridgehead atoms. The van der Waals surface area contributed by atoms with Crippen LogP contribution in [0.2, 0.25) is 0 Å². The molecular weight excluding hydrogens is 446 g/mol. The van der Waals surface area contributed by atoms with Gasteiger partial charge in [0.25, 0.3) is 5.91 Å². The number of aromatic nitrogens is 1. The van der Waals surface area contributed by atoms with E-state index in [1.165, 1.54) is 9.21 Å². The average molecular weight is 470 g/mol. The van der Waals surface area contributed by atoms with Gasteiger partial charge in [-0.25, -0.2) is 18.2 Å². The molecule has 1 aromatic heterocycles. The Labute approximate surface area is 184 Å². The van der Waals surface area contributed by atoms with E-state index >= 15 is 0 Å². The minimum absolute atomic E-state index is 0.248. The average Bonchev–Trinajstić information content (AvgIpc) is 3.15. The fourth-order valence-corrected chi connectivity index (χ4v) is 5.23. The molecule has 11 heteroatoms.